The molecule has 0 aromatic heterocycles. The molecule has 0 bridgehead atoms. The van der Waals surface area contributed by atoms with Crippen molar-refractivity contribution in [3.8, 4) is 0 Å². The van der Waals surface area contributed by atoms with E-state index in [-0.39, 0.29) is 33.0 Å². The minimum atomic E-state index is -0.164. The van der Waals surface area contributed by atoms with E-state index >= 15 is 0 Å². The van der Waals surface area contributed by atoms with Crippen LogP contribution in [0, 0.1) is 5.92 Å². The van der Waals surface area contributed by atoms with Crippen LogP contribution in [-0.2, 0) is 9.59 Å². The first-order chi connectivity index (χ1) is 5.56. The molecule has 14 heavy (non-hydrogen) atoms. The third kappa shape index (κ3) is 11.1. The Morgan fingerprint density at radius 2 is 1.79 bits per heavy atom. The fraction of sp³-hybridized carbons (Fsp3) is 0.818. The van der Waals surface area contributed by atoms with Crippen LogP contribution in [0.3, 0.4) is 0 Å². The van der Waals surface area contributed by atoms with Crippen LogP contribution in [0.4, 0.5) is 0 Å². The van der Waals surface area contributed by atoms with Crippen molar-refractivity contribution in [3.05, 3.63) is 0 Å². The fourth-order valence-corrected chi connectivity index (χ4v) is 0.721. The molecule has 86 valence electrons. The summed E-state index contributed by atoms with van der Waals surface area (Å²) in [5, 5.41) is 2.70. The topological polar surface area (TPSA) is 46.2 Å². The smallest absolute Gasteiger partial charge is 0.227 e. The standard InChI is InChI=1S/C9H17NO2.2CH4/c1-4-7(2)6-10-9(12)5-8(3)11;;/h7H,4-6H2,1-3H3,(H,10,12);2*1H4. The number of amides is 1. The molecule has 0 saturated carbocycles. The SMILES string of the molecule is C.C.CCC(C)CNC(=O)CC(C)=O. The highest BCUT2D eigenvalue weighted by atomic mass is 16.2. The second kappa shape index (κ2) is 10.2. The highest BCUT2D eigenvalue weighted by molar-refractivity contribution is 5.96. The second-order valence-corrected chi connectivity index (χ2v) is 3.20. The summed E-state index contributed by atoms with van der Waals surface area (Å²) in [6.07, 6.45) is 1.05. The van der Waals surface area contributed by atoms with Crippen LogP contribution in [0.5, 0.6) is 0 Å². The lowest BCUT2D eigenvalue weighted by molar-refractivity contribution is -0.127. The number of rotatable bonds is 5. The van der Waals surface area contributed by atoms with E-state index in [1.165, 1.54) is 6.92 Å². The molecule has 0 rings (SSSR count). The molecule has 0 saturated heterocycles. The maximum atomic E-state index is 10.9. The van der Waals surface area contributed by atoms with Crippen LogP contribution < -0.4 is 5.32 Å². The molecular formula is C11H25NO2. The maximum Gasteiger partial charge on any atom is 0.227 e. The Balaban J connectivity index is -0.000000605. The highest BCUT2D eigenvalue weighted by Crippen LogP contribution is 1.97. The Labute approximate surface area is 88.3 Å². The summed E-state index contributed by atoms with van der Waals surface area (Å²) >= 11 is 0. The van der Waals surface area contributed by atoms with Crippen molar-refractivity contribution in [2.45, 2.75) is 48.5 Å². The third-order valence-corrected chi connectivity index (χ3v) is 1.75. The molecule has 1 amide bonds. The molecule has 1 atom stereocenters. The number of hydrogen-bond acceptors (Lipinski definition) is 2. The van der Waals surface area contributed by atoms with Gasteiger partial charge in [-0.1, -0.05) is 35.1 Å². The van der Waals surface area contributed by atoms with Gasteiger partial charge < -0.3 is 5.32 Å². The zero-order valence-electron chi connectivity index (χ0n) is 8.02. The number of Topliss-reactive ketones (excluding diaryl/α,β-unsaturated/α-hetero) is 1. The van der Waals surface area contributed by atoms with Gasteiger partial charge in [0.25, 0.3) is 0 Å². The normalized spacial score (nSPS) is 10.5. The first-order valence-electron chi connectivity index (χ1n) is 4.32. The highest BCUT2D eigenvalue weighted by Gasteiger charge is 2.05. The molecule has 0 heterocycles. The predicted molar refractivity (Wildman–Crippen MR) is 61.2 cm³/mol. The molecule has 1 N–H and O–H groups in total. The van der Waals surface area contributed by atoms with E-state index in [1.807, 2.05) is 0 Å². The third-order valence-electron chi connectivity index (χ3n) is 1.75. The van der Waals surface area contributed by atoms with Gasteiger partial charge in [-0.05, 0) is 12.8 Å². The summed E-state index contributed by atoms with van der Waals surface area (Å²) in [7, 11) is 0. The monoisotopic (exact) mass is 203 g/mol. The Hall–Kier alpha value is -0.860. The Bertz CT molecular complexity index is 167. The van der Waals surface area contributed by atoms with Crippen molar-refractivity contribution in [2.24, 2.45) is 5.92 Å². The minimum absolute atomic E-state index is 0. The number of carbonyl (C=O) groups is 2. The van der Waals surface area contributed by atoms with Gasteiger partial charge in [-0.2, -0.15) is 0 Å². The van der Waals surface area contributed by atoms with Crippen LogP contribution >= 0.6 is 0 Å². The van der Waals surface area contributed by atoms with Gasteiger partial charge in [0.1, 0.15) is 5.78 Å². The lowest BCUT2D eigenvalue weighted by atomic mass is 10.1. The molecule has 0 aliphatic heterocycles. The second-order valence-electron chi connectivity index (χ2n) is 3.20. The fourth-order valence-electron chi connectivity index (χ4n) is 0.721. The van der Waals surface area contributed by atoms with Gasteiger partial charge in [-0.25, -0.2) is 0 Å². The first kappa shape index (κ1) is 18.8. The number of nitrogens with one attached hydrogen (secondary N) is 1. The van der Waals surface area contributed by atoms with Crippen LogP contribution in [0.2, 0.25) is 0 Å². The van der Waals surface area contributed by atoms with E-state index in [1.54, 1.807) is 0 Å². The molecular weight excluding hydrogens is 178 g/mol. The van der Waals surface area contributed by atoms with Crippen LogP contribution in [0.1, 0.15) is 48.5 Å². The minimum Gasteiger partial charge on any atom is -0.355 e. The summed E-state index contributed by atoms with van der Waals surface area (Å²) in [4.78, 5) is 21.4. The molecule has 0 aromatic rings. The zero-order chi connectivity index (χ0) is 9.56. The van der Waals surface area contributed by atoms with Crippen molar-refractivity contribution in [1.29, 1.82) is 0 Å². The molecule has 0 aliphatic carbocycles. The zero-order valence-corrected chi connectivity index (χ0v) is 8.02. The molecule has 1 unspecified atom stereocenters. The summed E-state index contributed by atoms with van der Waals surface area (Å²) in [6, 6.07) is 0. The van der Waals surface area contributed by atoms with E-state index in [0.29, 0.717) is 12.5 Å². The van der Waals surface area contributed by atoms with E-state index in [4.69, 9.17) is 0 Å². The van der Waals surface area contributed by atoms with Gasteiger partial charge in [-0.3, -0.25) is 9.59 Å². The van der Waals surface area contributed by atoms with Crippen molar-refractivity contribution in [2.75, 3.05) is 6.54 Å². The molecule has 0 aliphatic rings. The van der Waals surface area contributed by atoms with Gasteiger partial charge in [0.05, 0.1) is 6.42 Å². The van der Waals surface area contributed by atoms with Gasteiger partial charge in [0, 0.05) is 6.54 Å². The average Bonchev–Trinajstić information content (AvgIpc) is 1.99. The summed E-state index contributed by atoms with van der Waals surface area (Å²) in [5.41, 5.74) is 0. The predicted octanol–water partition coefficient (Wildman–Crippen LogP) is 2.40. The lowest BCUT2D eigenvalue weighted by Crippen LogP contribution is -2.29. The quantitative estimate of drug-likeness (QED) is 0.697. The average molecular weight is 203 g/mol. The van der Waals surface area contributed by atoms with Gasteiger partial charge >= 0.3 is 0 Å². The van der Waals surface area contributed by atoms with Gasteiger partial charge in [-0.15, -0.1) is 0 Å². The van der Waals surface area contributed by atoms with E-state index < -0.39 is 0 Å². The largest absolute Gasteiger partial charge is 0.355 e. The van der Waals surface area contributed by atoms with E-state index in [0.717, 1.165) is 6.42 Å². The van der Waals surface area contributed by atoms with Crippen LogP contribution in [-0.4, -0.2) is 18.2 Å². The Morgan fingerprint density at radius 1 is 1.29 bits per heavy atom. The van der Waals surface area contributed by atoms with Gasteiger partial charge in [0.15, 0.2) is 0 Å². The number of ketones is 1. The first-order valence-corrected chi connectivity index (χ1v) is 4.32. The number of carbonyl (C=O) groups excluding carboxylic acids is 2. The molecule has 3 nitrogen and oxygen atoms in total. The molecule has 0 aromatic carbocycles. The summed E-state index contributed by atoms with van der Waals surface area (Å²) in [5.74, 6) is 0.236. The van der Waals surface area contributed by atoms with Crippen molar-refractivity contribution in [1.82, 2.24) is 5.32 Å². The van der Waals surface area contributed by atoms with Crippen LogP contribution in [0.15, 0.2) is 0 Å². The summed E-state index contributed by atoms with van der Waals surface area (Å²) in [6.45, 7) is 6.22. The van der Waals surface area contributed by atoms with Crippen molar-refractivity contribution >= 4 is 11.7 Å². The van der Waals surface area contributed by atoms with E-state index in [9.17, 15) is 9.59 Å². The lowest BCUT2D eigenvalue weighted by Gasteiger charge is -2.08. The molecule has 0 spiro atoms. The van der Waals surface area contributed by atoms with E-state index in [2.05, 4.69) is 19.2 Å². The maximum absolute atomic E-state index is 10.9. The molecule has 0 fully saturated rings. The van der Waals surface area contributed by atoms with Crippen molar-refractivity contribution < 1.29 is 9.59 Å². The molecule has 3 heteroatoms. The Kier molecular flexibility index (Phi) is 13.8. The van der Waals surface area contributed by atoms with Gasteiger partial charge in [0.2, 0.25) is 5.91 Å². The summed E-state index contributed by atoms with van der Waals surface area (Å²) < 4.78 is 0. The Morgan fingerprint density at radius 3 is 2.14 bits per heavy atom. The van der Waals surface area contributed by atoms with Crippen LogP contribution in [0.25, 0.3) is 0 Å². The number of hydrogen-bond donors (Lipinski definition) is 1. The molecule has 0 radical (unpaired) electrons. The van der Waals surface area contributed by atoms with Crippen molar-refractivity contribution in [3.63, 3.8) is 0 Å².